The van der Waals surface area contributed by atoms with Gasteiger partial charge in [-0.25, -0.2) is 4.79 Å². The van der Waals surface area contributed by atoms with Crippen molar-refractivity contribution in [3.8, 4) is 0 Å². The largest absolute Gasteiger partial charge is 0.465 e. The number of hydrogen-bond donors (Lipinski definition) is 1. The molecule has 30 heavy (non-hydrogen) atoms. The Morgan fingerprint density at radius 2 is 2.03 bits per heavy atom. The Morgan fingerprint density at radius 1 is 1.27 bits per heavy atom. The first kappa shape index (κ1) is 22.0. The quantitative estimate of drug-likeness (QED) is 0.642. The fourth-order valence-electron chi connectivity index (χ4n) is 3.10. The molecule has 0 radical (unpaired) electrons. The molecular formula is C21H22N2O5S2. The van der Waals surface area contributed by atoms with Gasteiger partial charge in [0.25, 0.3) is 11.1 Å². The van der Waals surface area contributed by atoms with Gasteiger partial charge >= 0.3 is 5.97 Å². The summed E-state index contributed by atoms with van der Waals surface area (Å²) >= 11 is 2.26. The highest BCUT2D eigenvalue weighted by atomic mass is 32.2. The number of thiophene rings is 1. The van der Waals surface area contributed by atoms with E-state index in [0.29, 0.717) is 34.0 Å². The van der Waals surface area contributed by atoms with Crippen LogP contribution in [0.4, 0.5) is 9.80 Å². The molecule has 0 spiro atoms. The van der Waals surface area contributed by atoms with Crippen molar-refractivity contribution in [1.82, 2.24) is 4.90 Å². The number of carbonyl (C=O) groups is 4. The molecule has 0 atom stereocenters. The molecule has 9 heteroatoms. The third kappa shape index (κ3) is 4.91. The Hall–Kier alpha value is -2.65. The zero-order valence-electron chi connectivity index (χ0n) is 16.9. The summed E-state index contributed by atoms with van der Waals surface area (Å²) in [6, 6.07) is 6.73. The number of amides is 3. The van der Waals surface area contributed by atoms with E-state index in [1.54, 1.807) is 24.3 Å². The van der Waals surface area contributed by atoms with Gasteiger partial charge in [-0.1, -0.05) is 37.7 Å². The molecule has 3 amide bonds. The molecule has 0 bridgehead atoms. The van der Waals surface area contributed by atoms with Gasteiger partial charge < -0.3 is 10.1 Å². The summed E-state index contributed by atoms with van der Waals surface area (Å²) in [5.41, 5.74) is 2.26. The number of nitrogens with zero attached hydrogens (tertiary/aromatic N) is 1. The van der Waals surface area contributed by atoms with Crippen molar-refractivity contribution in [3.63, 3.8) is 0 Å². The maximum atomic E-state index is 12.8. The Labute approximate surface area is 182 Å². The third-order valence-corrected chi connectivity index (χ3v) is 6.29. The first-order chi connectivity index (χ1) is 14.3. The van der Waals surface area contributed by atoms with Crippen molar-refractivity contribution in [2.45, 2.75) is 26.8 Å². The first-order valence-corrected chi connectivity index (χ1v) is 11.2. The van der Waals surface area contributed by atoms with Gasteiger partial charge in [0.05, 0.1) is 25.0 Å². The monoisotopic (exact) mass is 446 g/mol. The molecule has 1 aromatic carbocycles. The summed E-state index contributed by atoms with van der Waals surface area (Å²) in [5, 5.41) is 4.82. The summed E-state index contributed by atoms with van der Waals surface area (Å²) in [6.45, 7) is 4.23. The van der Waals surface area contributed by atoms with E-state index in [4.69, 9.17) is 4.74 Å². The van der Waals surface area contributed by atoms with Crippen LogP contribution in [0.3, 0.4) is 0 Å². The molecule has 1 saturated heterocycles. The molecule has 0 aliphatic carbocycles. The van der Waals surface area contributed by atoms with Crippen LogP contribution in [0.15, 0.2) is 29.6 Å². The summed E-state index contributed by atoms with van der Waals surface area (Å²) in [4.78, 5) is 49.9. The van der Waals surface area contributed by atoms with Crippen molar-refractivity contribution in [1.29, 1.82) is 0 Å². The lowest BCUT2D eigenvalue weighted by Gasteiger charge is -2.13. The van der Waals surface area contributed by atoms with Crippen LogP contribution in [0.25, 0.3) is 0 Å². The predicted octanol–water partition coefficient (Wildman–Crippen LogP) is 4.18. The van der Waals surface area contributed by atoms with Crippen LogP contribution in [0.5, 0.6) is 0 Å². The van der Waals surface area contributed by atoms with Gasteiger partial charge in [-0.2, -0.15) is 0 Å². The van der Waals surface area contributed by atoms with E-state index >= 15 is 0 Å². The highest BCUT2D eigenvalue weighted by Gasteiger charge is 2.30. The molecule has 1 aromatic heterocycles. The van der Waals surface area contributed by atoms with Gasteiger partial charge in [-0.15, -0.1) is 11.3 Å². The minimum Gasteiger partial charge on any atom is -0.465 e. The van der Waals surface area contributed by atoms with Crippen LogP contribution in [0, 0.1) is 5.92 Å². The fraction of sp³-hybridized carbons (Fsp3) is 0.333. The molecule has 1 fully saturated rings. The highest BCUT2D eigenvalue weighted by Crippen LogP contribution is 2.31. The number of esters is 1. The summed E-state index contributed by atoms with van der Waals surface area (Å²) < 4.78 is 4.90. The Morgan fingerprint density at radius 3 is 2.67 bits per heavy atom. The molecule has 1 aliphatic rings. The van der Waals surface area contributed by atoms with Crippen LogP contribution in [-0.2, 0) is 22.5 Å². The van der Waals surface area contributed by atoms with Crippen LogP contribution >= 0.6 is 23.1 Å². The van der Waals surface area contributed by atoms with Crippen molar-refractivity contribution >= 4 is 51.1 Å². The van der Waals surface area contributed by atoms with E-state index in [2.05, 4.69) is 19.2 Å². The number of rotatable bonds is 7. The standard InChI is InChI=1S/C21H22N2O5S2/c1-12(2)7-15-10-29-19(17(15)20(26)28-3)22-18(25)14-6-4-5-13(8-14)9-23-16(24)11-30-21(23)27/h4-6,8,10,12H,7,9,11H2,1-3H3,(H,22,25). The smallest absolute Gasteiger partial charge is 0.341 e. The second-order valence-corrected chi connectivity index (χ2v) is 9.05. The third-order valence-electron chi connectivity index (χ3n) is 4.48. The van der Waals surface area contributed by atoms with E-state index in [1.165, 1.54) is 23.3 Å². The molecule has 2 aromatic rings. The molecule has 0 saturated carbocycles. The minimum atomic E-state index is -0.487. The number of hydrogen-bond acceptors (Lipinski definition) is 7. The SMILES string of the molecule is COC(=O)c1c(CC(C)C)csc1NC(=O)c1cccc(CN2C(=O)CSC2=O)c1. The maximum Gasteiger partial charge on any atom is 0.341 e. The van der Waals surface area contributed by atoms with Crippen LogP contribution in [-0.4, -0.2) is 40.8 Å². The molecule has 3 rings (SSSR count). The lowest BCUT2D eigenvalue weighted by atomic mass is 10.0. The summed E-state index contributed by atoms with van der Waals surface area (Å²) in [7, 11) is 1.31. The van der Waals surface area contributed by atoms with Gasteiger partial charge in [0, 0.05) is 5.56 Å². The number of methoxy groups -OCH3 is 1. The van der Waals surface area contributed by atoms with Gasteiger partial charge in [0.2, 0.25) is 5.91 Å². The van der Waals surface area contributed by atoms with E-state index < -0.39 is 5.97 Å². The average Bonchev–Trinajstić information content (AvgIpc) is 3.24. The molecule has 0 unspecified atom stereocenters. The normalized spacial score (nSPS) is 13.8. The van der Waals surface area contributed by atoms with E-state index in [1.807, 2.05) is 5.38 Å². The van der Waals surface area contributed by atoms with Crippen molar-refractivity contribution in [3.05, 3.63) is 51.9 Å². The van der Waals surface area contributed by atoms with Crippen molar-refractivity contribution < 1.29 is 23.9 Å². The number of ether oxygens (including phenoxy) is 1. The van der Waals surface area contributed by atoms with Crippen molar-refractivity contribution in [2.75, 3.05) is 18.2 Å². The van der Waals surface area contributed by atoms with Crippen molar-refractivity contribution in [2.24, 2.45) is 5.92 Å². The van der Waals surface area contributed by atoms with E-state index in [0.717, 1.165) is 17.3 Å². The van der Waals surface area contributed by atoms with Gasteiger partial charge in [-0.3, -0.25) is 19.3 Å². The van der Waals surface area contributed by atoms with Gasteiger partial charge in [0.1, 0.15) is 5.00 Å². The van der Waals surface area contributed by atoms with Crippen LogP contribution in [0.2, 0.25) is 0 Å². The number of benzene rings is 1. The van der Waals surface area contributed by atoms with E-state index in [9.17, 15) is 19.2 Å². The first-order valence-electron chi connectivity index (χ1n) is 9.36. The number of nitrogens with one attached hydrogen (secondary N) is 1. The highest BCUT2D eigenvalue weighted by molar-refractivity contribution is 8.14. The number of carbonyl (C=O) groups excluding carboxylic acids is 4. The molecular weight excluding hydrogens is 424 g/mol. The second kappa shape index (κ2) is 9.44. The number of thioether (sulfide) groups is 1. The zero-order valence-corrected chi connectivity index (χ0v) is 18.5. The molecule has 1 aliphatic heterocycles. The lowest BCUT2D eigenvalue weighted by Crippen LogP contribution is -2.28. The maximum absolute atomic E-state index is 12.8. The Kier molecular flexibility index (Phi) is 6.94. The summed E-state index contributed by atoms with van der Waals surface area (Å²) in [6.07, 6.45) is 0.697. The average molecular weight is 447 g/mol. The second-order valence-electron chi connectivity index (χ2n) is 7.24. The van der Waals surface area contributed by atoms with Crippen LogP contribution in [0.1, 0.15) is 45.7 Å². The Bertz CT molecular complexity index is 983. The Balaban J connectivity index is 1.80. The topological polar surface area (TPSA) is 92.8 Å². The minimum absolute atomic E-state index is 0.122. The summed E-state index contributed by atoms with van der Waals surface area (Å²) in [5.74, 6) is -0.615. The molecule has 2 heterocycles. The lowest BCUT2D eigenvalue weighted by molar-refractivity contribution is -0.125. The number of imide groups is 1. The predicted molar refractivity (Wildman–Crippen MR) is 117 cm³/mol. The van der Waals surface area contributed by atoms with Crippen LogP contribution < -0.4 is 5.32 Å². The molecule has 7 nitrogen and oxygen atoms in total. The zero-order chi connectivity index (χ0) is 21.8. The molecule has 1 N–H and O–H groups in total. The fourth-order valence-corrected chi connectivity index (χ4v) is 4.79. The van der Waals surface area contributed by atoms with E-state index in [-0.39, 0.29) is 29.4 Å². The molecule has 158 valence electrons. The number of anilines is 1. The van der Waals surface area contributed by atoms with Gasteiger partial charge in [-0.05, 0) is 41.0 Å². The van der Waals surface area contributed by atoms with Gasteiger partial charge in [0.15, 0.2) is 0 Å².